The van der Waals surface area contributed by atoms with E-state index >= 15 is 0 Å². The molecule has 0 bridgehead atoms. The van der Waals surface area contributed by atoms with E-state index in [1.54, 1.807) is 19.1 Å². The van der Waals surface area contributed by atoms with Gasteiger partial charge in [-0.1, -0.05) is 36.4 Å². The number of anilines is 1. The Balaban J connectivity index is 1.44. The summed E-state index contributed by atoms with van der Waals surface area (Å²) in [5, 5.41) is 3.70. The van der Waals surface area contributed by atoms with Crippen LogP contribution in [0.15, 0.2) is 48.5 Å². The normalized spacial score (nSPS) is 14.0. The first-order valence-corrected chi connectivity index (χ1v) is 11.6. The highest BCUT2D eigenvalue weighted by molar-refractivity contribution is 5.88. The molecular formula is C27H36N2O3. The number of nitrogens with one attached hydrogen (secondary N) is 1. The van der Waals surface area contributed by atoms with Crippen LogP contribution >= 0.6 is 0 Å². The molecule has 0 atom stereocenters. The second kappa shape index (κ2) is 11.2. The molecule has 2 aromatic rings. The maximum absolute atomic E-state index is 11.6. The van der Waals surface area contributed by atoms with Gasteiger partial charge in [0.05, 0.1) is 18.9 Å². The first-order valence-electron chi connectivity index (χ1n) is 11.6. The predicted octanol–water partition coefficient (Wildman–Crippen LogP) is 4.79. The highest BCUT2D eigenvalue weighted by Gasteiger charge is 2.27. The number of fused-ring (bicyclic) bond motifs is 1. The van der Waals surface area contributed by atoms with Gasteiger partial charge in [-0.15, -0.1) is 0 Å². The summed E-state index contributed by atoms with van der Waals surface area (Å²) < 4.78 is 10.9. The largest absolute Gasteiger partial charge is 0.491 e. The van der Waals surface area contributed by atoms with Crippen molar-refractivity contribution in [2.24, 2.45) is 5.92 Å². The van der Waals surface area contributed by atoms with Crippen LogP contribution in [-0.4, -0.2) is 31.3 Å². The Bertz CT molecular complexity index is 911. The minimum atomic E-state index is -0.377. The van der Waals surface area contributed by atoms with Crippen molar-refractivity contribution in [3.8, 4) is 5.75 Å². The highest BCUT2D eigenvalue weighted by atomic mass is 16.5. The Morgan fingerprint density at radius 1 is 1.16 bits per heavy atom. The van der Waals surface area contributed by atoms with Crippen LogP contribution in [0.3, 0.4) is 0 Å². The summed E-state index contributed by atoms with van der Waals surface area (Å²) in [7, 11) is 0. The number of nitrogens with two attached hydrogens (primary N) is 1. The molecule has 0 saturated carbocycles. The van der Waals surface area contributed by atoms with Crippen molar-refractivity contribution in [3.05, 3.63) is 65.2 Å². The van der Waals surface area contributed by atoms with Gasteiger partial charge in [-0.3, -0.25) is 0 Å². The van der Waals surface area contributed by atoms with E-state index in [1.807, 2.05) is 12.1 Å². The molecule has 2 aromatic carbocycles. The Morgan fingerprint density at radius 3 is 2.56 bits per heavy atom. The maximum atomic E-state index is 11.6. The van der Waals surface area contributed by atoms with Gasteiger partial charge in [-0.2, -0.15) is 0 Å². The molecule has 0 heterocycles. The van der Waals surface area contributed by atoms with E-state index < -0.39 is 0 Å². The summed E-state index contributed by atoms with van der Waals surface area (Å²) in [4.78, 5) is 11.6. The van der Waals surface area contributed by atoms with Crippen molar-refractivity contribution in [3.63, 3.8) is 0 Å². The van der Waals surface area contributed by atoms with E-state index in [0.29, 0.717) is 30.6 Å². The monoisotopic (exact) mass is 436 g/mol. The molecule has 32 heavy (non-hydrogen) atoms. The van der Waals surface area contributed by atoms with Gasteiger partial charge in [-0.05, 0) is 82.2 Å². The summed E-state index contributed by atoms with van der Waals surface area (Å²) in [5.41, 5.74) is 10.5. The van der Waals surface area contributed by atoms with Crippen LogP contribution in [-0.2, 0) is 22.4 Å². The van der Waals surface area contributed by atoms with Crippen LogP contribution in [0.25, 0.3) is 6.08 Å². The van der Waals surface area contributed by atoms with Crippen LogP contribution in [0, 0.1) is 5.92 Å². The van der Waals surface area contributed by atoms with Crippen molar-refractivity contribution >= 4 is 17.7 Å². The fourth-order valence-electron chi connectivity index (χ4n) is 4.48. The molecule has 0 amide bonds. The van der Waals surface area contributed by atoms with Crippen LogP contribution in [0.5, 0.6) is 5.75 Å². The third kappa shape index (κ3) is 6.86. The topological polar surface area (TPSA) is 73.6 Å². The lowest BCUT2D eigenvalue weighted by atomic mass is 9.88. The Morgan fingerprint density at radius 2 is 1.88 bits per heavy atom. The van der Waals surface area contributed by atoms with Crippen molar-refractivity contribution in [2.45, 2.75) is 52.0 Å². The summed E-state index contributed by atoms with van der Waals surface area (Å²) >= 11 is 0. The summed E-state index contributed by atoms with van der Waals surface area (Å²) in [6, 6.07) is 14.3. The summed E-state index contributed by atoms with van der Waals surface area (Å²) in [5.74, 6) is 0.928. The average Bonchev–Trinajstić information content (AvgIpc) is 3.15. The molecule has 0 saturated heterocycles. The Hall–Kier alpha value is -2.79. The molecule has 0 aromatic heterocycles. The molecule has 172 valence electrons. The molecule has 0 spiro atoms. The molecule has 5 heteroatoms. The van der Waals surface area contributed by atoms with Crippen molar-refractivity contribution < 1.29 is 14.3 Å². The molecule has 0 unspecified atom stereocenters. The minimum Gasteiger partial charge on any atom is -0.491 e. The van der Waals surface area contributed by atoms with Gasteiger partial charge in [-0.25, -0.2) is 4.79 Å². The fraction of sp³-hybridized carbons (Fsp3) is 0.444. The molecule has 3 rings (SSSR count). The lowest BCUT2D eigenvalue weighted by Gasteiger charge is -2.29. The zero-order valence-electron chi connectivity index (χ0n) is 19.5. The number of benzene rings is 2. The molecule has 0 fully saturated rings. The zero-order valence-corrected chi connectivity index (χ0v) is 19.5. The van der Waals surface area contributed by atoms with Crippen molar-refractivity contribution in [1.29, 1.82) is 0 Å². The summed E-state index contributed by atoms with van der Waals surface area (Å²) in [6.07, 6.45) is 7.46. The summed E-state index contributed by atoms with van der Waals surface area (Å²) in [6.45, 7) is 8.11. The number of carbonyl (C=O) groups is 1. The van der Waals surface area contributed by atoms with Gasteiger partial charge in [0.25, 0.3) is 0 Å². The van der Waals surface area contributed by atoms with E-state index in [2.05, 4.69) is 43.4 Å². The number of rotatable bonds is 11. The van der Waals surface area contributed by atoms with E-state index in [4.69, 9.17) is 15.2 Å². The Kier molecular flexibility index (Phi) is 8.34. The molecule has 1 aliphatic rings. The molecule has 0 aliphatic heterocycles. The number of esters is 1. The number of para-hydroxylation sites is 1. The SMILES string of the molecule is CCOC(=O)/C=C/c1cccc(N)c1OCCCNC(C)(C)CC1Cc2ccccc2C1. The lowest BCUT2D eigenvalue weighted by Crippen LogP contribution is -2.42. The van der Waals surface area contributed by atoms with Crippen molar-refractivity contribution in [2.75, 3.05) is 25.5 Å². The predicted molar refractivity (Wildman–Crippen MR) is 131 cm³/mol. The van der Waals surface area contributed by atoms with Gasteiger partial charge >= 0.3 is 5.97 Å². The molecule has 3 N–H and O–H groups in total. The van der Waals surface area contributed by atoms with Gasteiger partial charge in [0.15, 0.2) is 0 Å². The fourth-order valence-corrected chi connectivity index (χ4v) is 4.48. The van der Waals surface area contributed by atoms with E-state index in [9.17, 15) is 4.79 Å². The zero-order chi connectivity index (χ0) is 23.0. The van der Waals surface area contributed by atoms with E-state index in [1.165, 1.54) is 30.0 Å². The lowest BCUT2D eigenvalue weighted by molar-refractivity contribution is -0.137. The van der Waals surface area contributed by atoms with Crippen LogP contribution in [0.1, 0.15) is 50.3 Å². The quantitative estimate of drug-likeness (QED) is 0.229. The first-order chi connectivity index (χ1) is 15.4. The average molecular weight is 437 g/mol. The Labute approximate surface area is 192 Å². The number of hydrogen-bond donors (Lipinski definition) is 2. The van der Waals surface area contributed by atoms with Crippen LogP contribution in [0.2, 0.25) is 0 Å². The molecule has 5 nitrogen and oxygen atoms in total. The molecule has 1 aliphatic carbocycles. The highest BCUT2D eigenvalue weighted by Crippen LogP contribution is 2.32. The van der Waals surface area contributed by atoms with E-state index in [0.717, 1.165) is 24.9 Å². The van der Waals surface area contributed by atoms with Crippen LogP contribution < -0.4 is 15.8 Å². The maximum Gasteiger partial charge on any atom is 0.330 e. The smallest absolute Gasteiger partial charge is 0.330 e. The second-order valence-corrected chi connectivity index (χ2v) is 9.11. The third-order valence-corrected chi connectivity index (χ3v) is 5.87. The standard InChI is InChI=1S/C27H36N2O3/c1-4-31-25(30)14-13-21-11-7-12-24(28)26(21)32-16-8-15-29-27(2,3)19-20-17-22-9-5-6-10-23(22)18-20/h5-7,9-14,20,29H,4,8,15-19,28H2,1-3H3/b14-13+. The number of carbonyl (C=O) groups excluding carboxylic acids is 1. The minimum absolute atomic E-state index is 0.0754. The van der Waals surface area contributed by atoms with Gasteiger partial charge in [0.1, 0.15) is 5.75 Å². The number of ether oxygens (including phenoxy) is 2. The second-order valence-electron chi connectivity index (χ2n) is 9.11. The van der Waals surface area contributed by atoms with Crippen LogP contribution in [0.4, 0.5) is 5.69 Å². The first kappa shape index (κ1) is 23.9. The van der Waals surface area contributed by atoms with E-state index in [-0.39, 0.29) is 11.5 Å². The number of nitrogen functional groups attached to an aromatic ring is 1. The number of hydrogen-bond acceptors (Lipinski definition) is 5. The van der Waals surface area contributed by atoms with Crippen molar-refractivity contribution in [1.82, 2.24) is 5.32 Å². The molecular weight excluding hydrogens is 400 g/mol. The third-order valence-electron chi connectivity index (χ3n) is 5.87. The van der Waals surface area contributed by atoms with Gasteiger partial charge in [0, 0.05) is 17.2 Å². The molecule has 0 radical (unpaired) electrons. The van der Waals surface area contributed by atoms with Gasteiger partial charge < -0.3 is 20.5 Å². The van der Waals surface area contributed by atoms with Gasteiger partial charge in [0.2, 0.25) is 0 Å².